The third kappa shape index (κ3) is 2.97. The standard InChI is InChI=1S/C17H20N4O3/c1-23-11-5-6-15(24-2)12(8-11)14-4-3-7-21(14)16-10-19-9-13(20-16)17(18)22/h5-6,8-10,14H,3-4,7H2,1-2H3,(H2,18,22). The number of primary amides is 1. The zero-order chi connectivity index (χ0) is 17.1. The average molecular weight is 328 g/mol. The quantitative estimate of drug-likeness (QED) is 0.902. The second-order valence-corrected chi connectivity index (χ2v) is 5.59. The molecule has 126 valence electrons. The molecule has 7 heteroatoms. The van der Waals surface area contributed by atoms with Gasteiger partial charge in [0.2, 0.25) is 0 Å². The van der Waals surface area contributed by atoms with Gasteiger partial charge in [-0.25, -0.2) is 4.98 Å². The first-order valence-corrected chi connectivity index (χ1v) is 7.74. The Kier molecular flexibility index (Phi) is 4.50. The summed E-state index contributed by atoms with van der Waals surface area (Å²) in [5, 5.41) is 0. The van der Waals surface area contributed by atoms with E-state index in [1.807, 2.05) is 18.2 Å². The molecular formula is C17H20N4O3. The zero-order valence-corrected chi connectivity index (χ0v) is 13.7. The van der Waals surface area contributed by atoms with Crippen LogP contribution in [0.3, 0.4) is 0 Å². The summed E-state index contributed by atoms with van der Waals surface area (Å²) >= 11 is 0. The molecule has 0 saturated carbocycles. The number of hydrogen-bond acceptors (Lipinski definition) is 6. The molecule has 0 radical (unpaired) electrons. The topological polar surface area (TPSA) is 90.6 Å². The van der Waals surface area contributed by atoms with Crippen LogP contribution in [0.15, 0.2) is 30.6 Å². The number of aromatic nitrogens is 2. The van der Waals surface area contributed by atoms with E-state index < -0.39 is 5.91 Å². The highest BCUT2D eigenvalue weighted by molar-refractivity contribution is 5.90. The van der Waals surface area contributed by atoms with E-state index >= 15 is 0 Å². The van der Waals surface area contributed by atoms with E-state index in [0.29, 0.717) is 5.82 Å². The second-order valence-electron chi connectivity index (χ2n) is 5.59. The van der Waals surface area contributed by atoms with Crippen molar-refractivity contribution >= 4 is 11.7 Å². The molecule has 7 nitrogen and oxygen atoms in total. The van der Waals surface area contributed by atoms with E-state index in [-0.39, 0.29) is 11.7 Å². The zero-order valence-electron chi connectivity index (χ0n) is 13.7. The number of carbonyl (C=O) groups is 1. The van der Waals surface area contributed by atoms with Gasteiger partial charge >= 0.3 is 0 Å². The van der Waals surface area contributed by atoms with E-state index in [2.05, 4.69) is 14.9 Å². The highest BCUT2D eigenvalue weighted by Crippen LogP contribution is 2.40. The molecule has 1 fully saturated rings. The van der Waals surface area contributed by atoms with Crippen LogP contribution in [0.25, 0.3) is 0 Å². The molecule has 2 aromatic rings. The molecule has 2 N–H and O–H groups in total. The van der Waals surface area contributed by atoms with Crippen molar-refractivity contribution in [3.05, 3.63) is 41.9 Å². The van der Waals surface area contributed by atoms with Crippen molar-refractivity contribution in [2.24, 2.45) is 5.73 Å². The molecule has 1 atom stereocenters. The first-order chi connectivity index (χ1) is 11.6. The monoisotopic (exact) mass is 328 g/mol. The number of ether oxygens (including phenoxy) is 2. The van der Waals surface area contributed by atoms with Crippen molar-refractivity contribution in [3.63, 3.8) is 0 Å². The minimum atomic E-state index is -0.584. The molecule has 1 unspecified atom stereocenters. The van der Waals surface area contributed by atoms with Gasteiger partial charge < -0.3 is 20.1 Å². The number of methoxy groups -OCH3 is 2. The maximum absolute atomic E-state index is 11.4. The molecular weight excluding hydrogens is 308 g/mol. The normalized spacial score (nSPS) is 16.9. The SMILES string of the molecule is COc1ccc(OC)c(C2CCCN2c2cncc(C(N)=O)n2)c1. The minimum Gasteiger partial charge on any atom is -0.497 e. The van der Waals surface area contributed by atoms with Crippen LogP contribution < -0.4 is 20.1 Å². The number of amides is 1. The van der Waals surface area contributed by atoms with Crippen LogP contribution in [-0.4, -0.2) is 36.6 Å². The van der Waals surface area contributed by atoms with Crippen LogP contribution in [0.2, 0.25) is 0 Å². The van der Waals surface area contributed by atoms with E-state index in [4.69, 9.17) is 15.2 Å². The van der Waals surface area contributed by atoms with E-state index in [9.17, 15) is 4.79 Å². The lowest BCUT2D eigenvalue weighted by atomic mass is 10.0. The summed E-state index contributed by atoms with van der Waals surface area (Å²) in [5.74, 6) is 1.62. The lowest BCUT2D eigenvalue weighted by Crippen LogP contribution is -2.25. The fourth-order valence-electron chi connectivity index (χ4n) is 3.08. The Morgan fingerprint density at radius 2 is 2.12 bits per heavy atom. The molecule has 0 bridgehead atoms. The highest BCUT2D eigenvalue weighted by Gasteiger charge is 2.30. The Hall–Kier alpha value is -2.83. The molecule has 1 aliphatic rings. The van der Waals surface area contributed by atoms with Gasteiger partial charge in [-0.3, -0.25) is 9.78 Å². The smallest absolute Gasteiger partial charge is 0.268 e. The van der Waals surface area contributed by atoms with Gasteiger partial charge in [-0.2, -0.15) is 0 Å². The number of rotatable bonds is 5. The number of anilines is 1. The summed E-state index contributed by atoms with van der Waals surface area (Å²) in [6.45, 7) is 0.821. The molecule has 1 saturated heterocycles. The molecule has 1 aromatic heterocycles. The first-order valence-electron chi connectivity index (χ1n) is 7.74. The van der Waals surface area contributed by atoms with E-state index in [1.165, 1.54) is 6.20 Å². The number of benzene rings is 1. The maximum Gasteiger partial charge on any atom is 0.268 e. The Bertz CT molecular complexity index is 750. The van der Waals surface area contributed by atoms with Gasteiger partial charge in [-0.05, 0) is 31.0 Å². The van der Waals surface area contributed by atoms with Crippen molar-refractivity contribution in [1.29, 1.82) is 0 Å². The van der Waals surface area contributed by atoms with Crippen molar-refractivity contribution < 1.29 is 14.3 Å². The van der Waals surface area contributed by atoms with E-state index in [0.717, 1.165) is 36.4 Å². The van der Waals surface area contributed by atoms with Crippen LogP contribution in [0.1, 0.15) is 34.9 Å². The maximum atomic E-state index is 11.4. The second kappa shape index (κ2) is 6.74. The molecule has 24 heavy (non-hydrogen) atoms. The van der Waals surface area contributed by atoms with Gasteiger partial charge in [-0.1, -0.05) is 0 Å². The van der Waals surface area contributed by atoms with Crippen molar-refractivity contribution in [2.45, 2.75) is 18.9 Å². The third-order valence-electron chi connectivity index (χ3n) is 4.22. The van der Waals surface area contributed by atoms with Crippen LogP contribution in [0.4, 0.5) is 5.82 Å². The fraction of sp³-hybridized carbons (Fsp3) is 0.353. The molecule has 2 heterocycles. The van der Waals surface area contributed by atoms with Crippen LogP contribution in [0, 0.1) is 0 Å². The fourth-order valence-corrected chi connectivity index (χ4v) is 3.08. The molecule has 0 spiro atoms. The average Bonchev–Trinajstić information content (AvgIpc) is 3.10. The van der Waals surface area contributed by atoms with Crippen LogP contribution in [-0.2, 0) is 0 Å². The van der Waals surface area contributed by atoms with Crippen LogP contribution >= 0.6 is 0 Å². The van der Waals surface area contributed by atoms with Crippen molar-refractivity contribution in [2.75, 3.05) is 25.7 Å². The molecule has 1 aromatic carbocycles. The lowest BCUT2D eigenvalue weighted by molar-refractivity contribution is 0.0995. The van der Waals surface area contributed by atoms with Gasteiger partial charge in [0, 0.05) is 12.1 Å². The number of nitrogens with zero attached hydrogens (tertiary/aromatic N) is 3. The third-order valence-corrected chi connectivity index (χ3v) is 4.22. The summed E-state index contributed by atoms with van der Waals surface area (Å²) in [7, 11) is 3.29. The first kappa shape index (κ1) is 16.0. The molecule has 0 aliphatic carbocycles. The summed E-state index contributed by atoms with van der Waals surface area (Å²) in [5.41, 5.74) is 6.51. The lowest BCUT2D eigenvalue weighted by Gasteiger charge is -2.27. The van der Waals surface area contributed by atoms with E-state index in [1.54, 1.807) is 20.4 Å². The van der Waals surface area contributed by atoms with Gasteiger partial charge in [0.25, 0.3) is 5.91 Å². The Balaban J connectivity index is 1.99. The number of hydrogen-bond donors (Lipinski definition) is 1. The Morgan fingerprint density at radius 3 is 2.83 bits per heavy atom. The minimum absolute atomic E-state index is 0.0764. The Labute approximate surface area is 140 Å². The van der Waals surface area contributed by atoms with Crippen LogP contribution in [0.5, 0.6) is 11.5 Å². The van der Waals surface area contributed by atoms with Gasteiger partial charge in [0.15, 0.2) is 0 Å². The molecule has 1 aliphatic heterocycles. The van der Waals surface area contributed by atoms with Gasteiger partial charge in [0.05, 0.1) is 32.7 Å². The molecule has 1 amide bonds. The van der Waals surface area contributed by atoms with Gasteiger partial charge in [-0.15, -0.1) is 0 Å². The van der Waals surface area contributed by atoms with Crippen molar-refractivity contribution in [1.82, 2.24) is 9.97 Å². The number of nitrogens with two attached hydrogens (primary N) is 1. The predicted molar refractivity (Wildman–Crippen MR) is 89.4 cm³/mol. The molecule has 3 rings (SSSR count). The Morgan fingerprint density at radius 1 is 1.29 bits per heavy atom. The number of carbonyl (C=O) groups excluding carboxylic acids is 1. The largest absolute Gasteiger partial charge is 0.497 e. The summed E-state index contributed by atoms with van der Waals surface area (Å²) in [4.78, 5) is 21.9. The van der Waals surface area contributed by atoms with Crippen molar-refractivity contribution in [3.8, 4) is 11.5 Å². The highest BCUT2D eigenvalue weighted by atomic mass is 16.5. The van der Waals surface area contributed by atoms with Gasteiger partial charge in [0.1, 0.15) is 23.0 Å². The summed E-state index contributed by atoms with van der Waals surface area (Å²) in [6, 6.07) is 5.82. The summed E-state index contributed by atoms with van der Waals surface area (Å²) < 4.78 is 10.9. The predicted octanol–water partition coefficient (Wildman–Crippen LogP) is 1.93. The summed E-state index contributed by atoms with van der Waals surface area (Å²) in [6.07, 6.45) is 4.99.